The van der Waals surface area contributed by atoms with Crippen LogP contribution in [0.15, 0.2) is 10.4 Å². The predicted octanol–water partition coefficient (Wildman–Crippen LogP) is 1.87. The quantitative estimate of drug-likeness (QED) is 0.645. The summed E-state index contributed by atoms with van der Waals surface area (Å²) in [6.07, 6.45) is 1.10. The Kier molecular flexibility index (Phi) is 5.25. The fourth-order valence-corrected chi connectivity index (χ4v) is 2.02. The summed E-state index contributed by atoms with van der Waals surface area (Å²) in [7, 11) is 3.83. The molecule has 0 aliphatic rings. The van der Waals surface area contributed by atoms with Crippen LogP contribution in [0.3, 0.4) is 0 Å². The highest BCUT2D eigenvalue weighted by atomic mass is 32.1. The Balaban J connectivity index is 2.52. The van der Waals surface area contributed by atoms with E-state index in [0.717, 1.165) is 36.2 Å². The number of aliphatic imine (C=N–C) groups is 1. The van der Waals surface area contributed by atoms with Crippen molar-refractivity contribution in [2.75, 3.05) is 20.6 Å². The number of hydrogen-bond acceptors (Lipinski definition) is 3. The van der Waals surface area contributed by atoms with Crippen LogP contribution in [-0.2, 0) is 6.54 Å². The van der Waals surface area contributed by atoms with E-state index in [0.29, 0.717) is 0 Å². The van der Waals surface area contributed by atoms with E-state index in [1.807, 2.05) is 14.0 Å². The largest absolute Gasteiger partial charge is 0.356 e. The second-order valence-electron chi connectivity index (χ2n) is 3.69. The highest BCUT2D eigenvalue weighted by Crippen LogP contribution is 2.09. The van der Waals surface area contributed by atoms with Crippen molar-refractivity contribution in [3.8, 4) is 0 Å². The molecule has 1 aromatic heterocycles. The van der Waals surface area contributed by atoms with Gasteiger partial charge in [-0.2, -0.15) is 0 Å². The summed E-state index contributed by atoms with van der Waals surface area (Å²) in [6, 6.07) is 0. The van der Waals surface area contributed by atoms with E-state index >= 15 is 0 Å². The van der Waals surface area contributed by atoms with Gasteiger partial charge in [-0.1, -0.05) is 6.92 Å². The maximum absolute atomic E-state index is 4.44. The Morgan fingerprint density at radius 2 is 2.38 bits per heavy atom. The van der Waals surface area contributed by atoms with Gasteiger partial charge in [0.25, 0.3) is 0 Å². The third-order valence-electron chi connectivity index (χ3n) is 2.17. The average molecular weight is 240 g/mol. The Hall–Kier alpha value is -1.10. The first-order valence-corrected chi connectivity index (χ1v) is 6.38. The molecule has 0 atom stereocenters. The number of guanidine groups is 1. The molecule has 0 aliphatic heterocycles. The summed E-state index contributed by atoms with van der Waals surface area (Å²) < 4.78 is 0. The molecule has 90 valence electrons. The van der Waals surface area contributed by atoms with Gasteiger partial charge < -0.3 is 10.2 Å². The normalized spacial score (nSPS) is 11.6. The van der Waals surface area contributed by atoms with Gasteiger partial charge in [-0.15, -0.1) is 11.3 Å². The van der Waals surface area contributed by atoms with Crippen LogP contribution in [0.5, 0.6) is 0 Å². The second kappa shape index (κ2) is 6.48. The summed E-state index contributed by atoms with van der Waals surface area (Å²) in [5.41, 5.74) is 1.10. The number of rotatable bonds is 4. The number of thiazole rings is 1. The summed E-state index contributed by atoms with van der Waals surface area (Å²) in [5, 5.41) is 6.50. The van der Waals surface area contributed by atoms with Gasteiger partial charge in [-0.3, -0.25) is 4.99 Å². The smallest absolute Gasteiger partial charge is 0.193 e. The second-order valence-corrected chi connectivity index (χ2v) is 4.75. The Labute approximate surface area is 101 Å². The first kappa shape index (κ1) is 13.0. The molecule has 0 fully saturated rings. The molecule has 1 N–H and O–H groups in total. The molecule has 5 heteroatoms. The van der Waals surface area contributed by atoms with Crippen LogP contribution < -0.4 is 5.32 Å². The van der Waals surface area contributed by atoms with Gasteiger partial charge in [0.2, 0.25) is 0 Å². The molecule has 0 spiro atoms. The number of nitrogens with zero attached hydrogens (tertiary/aromatic N) is 3. The molecular formula is C11H20N4S. The van der Waals surface area contributed by atoms with Crippen LogP contribution >= 0.6 is 11.3 Å². The van der Waals surface area contributed by atoms with E-state index in [-0.39, 0.29) is 0 Å². The molecule has 0 amide bonds. The van der Waals surface area contributed by atoms with Crippen molar-refractivity contribution < 1.29 is 0 Å². The molecule has 1 rings (SSSR count). The summed E-state index contributed by atoms with van der Waals surface area (Å²) in [4.78, 5) is 10.8. The Morgan fingerprint density at radius 3 is 2.88 bits per heavy atom. The minimum atomic E-state index is 0.799. The van der Waals surface area contributed by atoms with Crippen molar-refractivity contribution in [3.05, 3.63) is 16.1 Å². The van der Waals surface area contributed by atoms with Gasteiger partial charge in [0.15, 0.2) is 5.96 Å². The molecule has 0 aromatic carbocycles. The summed E-state index contributed by atoms with van der Waals surface area (Å²) in [6.45, 7) is 5.92. The van der Waals surface area contributed by atoms with Gasteiger partial charge >= 0.3 is 0 Å². The van der Waals surface area contributed by atoms with E-state index in [1.165, 1.54) is 0 Å². The van der Waals surface area contributed by atoms with Crippen LogP contribution in [0.1, 0.15) is 24.0 Å². The number of aryl methyl sites for hydroxylation is 1. The lowest BCUT2D eigenvalue weighted by Gasteiger charge is -2.20. The third kappa shape index (κ3) is 3.81. The van der Waals surface area contributed by atoms with Gasteiger partial charge in [0.1, 0.15) is 0 Å². The molecule has 0 radical (unpaired) electrons. The summed E-state index contributed by atoms with van der Waals surface area (Å²) >= 11 is 1.69. The van der Waals surface area contributed by atoms with Gasteiger partial charge in [0, 0.05) is 26.0 Å². The lowest BCUT2D eigenvalue weighted by molar-refractivity contribution is 0.471. The molecule has 0 bridgehead atoms. The van der Waals surface area contributed by atoms with E-state index in [2.05, 4.69) is 32.5 Å². The maximum atomic E-state index is 4.44. The number of aromatic nitrogens is 1. The topological polar surface area (TPSA) is 40.5 Å². The van der Waals surface area contributed by atoms with Crippen LogP contribution in [0.25, 0.3) is 0 Å². The molecule has 0 saturated heterocycles. The molecule has 1 aromatic rings. The molecule has 16 heavy (non-hydrogen) atoms. The van der Waals surface area contributed by atoms with Crippen molar-refractivity contribution >= 4 is 17.3 Å². The third-order valence-corrected chi connectivity index (χ3v) is 2.99. The highest BCUT2D eigenvalue weighted by Gasteiger charge is 2.07. The molecule has 0 aliphatic carbocycles. The fourth-order valence-electron chi connectivity index (χ4n) is 1.42. The van der Waals surface area contributed by atoms with Crippen molar-refractivity contribution in [3.63, 3.8) is 0 Å². The van der Waals surface area contributed by atoms with E-state index < -0.39 is 0 Å². The number of hydrogen-bond donors (Lipinski definition) is 1. The number of nitrogens with one attached hydrogen (secondary N) is 1. The maximum Gasteiger partial charge on any atom is 0.193 e. The van der Waals surface area contributed by atoms with Crippen LogP contribution in [0.4, 0.5) is 0 Å². The Morgan fingerprint density at radius 1 is 1.62 bits per heavy atom. The molecular weight excluding hydrogens is 220 g/mol. The van der Waals surface area contributed by atoms with E-state index in [1.54, 1.807) is 18.4 Å². The lowest BCUT2D eigenvalue weighted by atomic mass is 10.4. The first-order chi connectivity index (χ1) is 7.67. The first-order valence-electron chi connectivity index (χ1n) is 5.50. The standard InChI is InChI=1S/C11H20N4S/c1-5-6-13-11(12-3)15(4)7-10-8-16-9(2)14-10/h8H,5-7H2,1-4H3,(H,12,13). The van der Waals surface area contributed by atoms with Crippen molar-refractivity contribution in [2.45, 2.75) is 26.8 Å². The van der Waals surface area contributed by atoms with E-state index in [4.69, 9.17) is 0 Å². The molecule has 0 saturated carbocycles. The van der Waals surface area contributed by atoms with Crippen LogP contribution in [0.2, 0.25) is 0 Å². The minimum Gasteiger partial charge on any atom is -0.356 e. The zero-order valence-corrected chi connectivity index (χ0v) is 11.3. The zero-order valence-electron chi connectivity index (χ0n) is 10.4. The monoisotopic (exact) mass is 240 g/mol. The fraction of sp³-hybridized carbons (Fsp3) is 0.636. The van der Waals surface area contributed by atoms with Gasteiger partial charge in [0.05, 0.1) is 17.2 Å². The van der Waals surface area contributed by atoms with Gasteiger partial charge in [-0.05, 0) is 13.3 Å². The van der Waals surface area contributed by atoms with Crippen LogP contribution in [-0.4, -0.2) is 36.5 Å². The predicted molar refractivity (Wildman–Crippen MR) is 70.0 cm³/mol. The zero-order chi connectivity index (χ0) is 12.0. The van der Waals surface area contributed by atoms with Crippen LogP contribution in [0, 0.1) is 6.92 Å². The average Bonchev–Trinajstić information content (AvgIpc) is 2.65. The molecule has 1 heterocycles. The van der Waals surface area contributed by atoms with Gasteiger partial charge in [-0.25, -0.2) is 4.98 Å². The minimum absolute atomic E-state index is 0.799. The summed E-state index contributed by atoms with van der Waals surface area (Å²) in [5.74, 6) is 0.924. The highest BCUT2D eigenvalue weighted by molar-refractivity contribution is 7.09. The van der Waals surface area contributed by atoms with E-state index in [9.17, 15) is 0 Å². The molecule has 4 nitrogen and oxygen atoms in total. The van der Waals surface area contributed by atoms with Crippen molar-refractivity contribution in [1.82, 2.24) is 15.2 Å². The van der Waals surface area contributed by atoms with Crippen molar-refractivity contribution in [2.24, 2.45) is 4.99 Å². The SMILES string of the molecule is CCCNC(=NC)N(C)Cc1csc(C)n1. The molecule has 0 unspecified atom stereocenters. The Bertz CT molecular complexity index is 346. The lowest BCUT2D eigenvalue weighted by Crippen LogP contribution is -2.38. The van der Waals surface area contributed by atoms with Crippen molar-refractivity contribution in [1.29, 1.82) is 0 Å².